The summed E-state index contributed by atoms with van der Waals surface area (Å²) >= 11 is 5.59. The highest BCUT2D eigenvalue weighted by Gasteiger charge is 2.19. The molecule has 0 aliphatic heterocycles. The molecular formula is C19H19ClN2O3. The average Bonchev–Trinajstić information content (AvgIpc) is 2.97. The molecule has 2 aromatic carbocycles. The van der Waals surface area contributed by atoms with Crippen LogP contribution < -0.4 is 9.57 Å². The summed E-state index contributed by atoms with van der Waals surface area (Å²) in [6.07, 6.45) is 2.29. The van der Waals surface area contributed by atoms with E-state index >= 15 is 0 Å². The molecular weight excluding hydrogens is 340 g/mol. The van der Waals surface area contributed by atoms with E-state index in [1.165, 1.54) is 0 Å². The quantitative estimate of drug-likeness (QED) is 0.635. The number of aliphatic carboxylic acids is 1. The molecule has 5 nitrogen and oxygen atoms in total. The number of nitrogens with one attached hydrogen (secondary N) is 1. The van der Waals surface area contributed by atoms with E-state index < -0.39 is 12.0 Å². The first kappa shape index (κ1) is 17.3. The lowest BCUT2D eigenvalue weighted by molar-refractivity contribution is -0.138. The average molecular weight is 359 g/mol. The van der Waals surface area contributed by atoms with E-state index in [2.05, 4.69) is 9.40 Å². The van der Waals surface area contributed by atoms with Crippen LogP contribution in [0.1, 0.15) is 11.1 Å². The van der Waals surface area contributed by atoms with Crippen LogP contribution in [0.15, 0.2) is 54.7 Å². The number of carboxylic acid groups (broad SMARTS) is 1. The zero-order valence-corrected chi connectivity index (χ0v) is 14.5. The summed E-state index contributed by atoms with van der Waals surface area (Å²) in [5.74, 6) is -0.149. The normalized spacial score (nSPS) is 12.2. The summed E-state index contributed by atoms with van der Waals surface area (Å²) in [4.78, 5) is 13.6. The predicted molar refractivity (Wildman–Crippen MR) is 98.2 cm³/mol. The number of fused-ring (bicyclic) bond motifs is 1. The second kappa shape index (κ2) is 7.59. The van der Waals surface area contributed by atoms with Gasteiger partial charge >= 0.3 is 5.97 Å². The number of ether oxygens (including phenoxy) is 1. The van der Waals surface area contributed by atoms with Crippen LogP contribution in [0.3, 0.4) is 0 Å². The van der Waals surface area contributed by atoms with Gasteiger partial charge < -0.3 is 14.4 Å². The highest BCUT2D eigenvalue weighted by molar-refractivity contribution is 6.14. The van der Waals surface area contributed by atoms with Crippen molar-refractivity contribution < 1.29 is 14.6 Å². The van der Waals surface area contributed by atoms with Gasteiger partial charge in [-0.2, -0.15) is 0 Å². The van der Waals surface area contributed by atoms with Gasteiger partial charge in [0.25, 0.3) is 0 Å². The largest absolute Gasteiger partial charge is 0.496 e. The molecule has 0 aliphatic rings. The molecule has 0 saturated carbocycles. The minimum absolute atomic E-state index is 0.304. The molecule has 2 N–H and O–H groups in total. The summed E-state index contributed by atoms with van der Waals surface area (Å²) in [6.45, 7) is 0.635. The van der Waals surface area contributed by atoms with Gasteiger partial charge in [0, 0.05) is 29.1 Å². The molecule has 0 aliphatic carbocycles. The van der Waals surface area contributed by atoms with E-state index in [1.807, 2.05) is 54.7 Å². The first-order valence-corrected chi connectivity index (χ1v) is 8.29. The molecule has 1 heterocycles. The van der Waals surface area contributed by atoms with Gasteiger partial charge in [-0.3, -0.25) is 4.79 Å². The Balaban J connectivity index is 2.00. The van der Waals surface area contributed by atoms with E-state index in [0.29, 0.717) is 13.0 Å². The van der Waals surface area contributed by atoms with E-state index in [9.17, 15) is 9.90 Å². The lowest BCUT2D eigenvalue weighted by atomic mass is 10.1. The van der Waals surface area contributed by atoms with Gasteiger partial charge in [0.2, 0.25) is 0 Å². The Bertz CT molecular complexity index is 891. The molecule has 0 bridgehead atoms. The van der Waals surface area contributed by atoms with E-state index in [0.717, 1.165) is 27.8 Å². The second-order valence-electron chi connectivity index (χ2n) is 5.82. The Morgan fingerprint density at radius 3 is 2.64 bits per heavy atom. The number of rotatable bonds is 7. The minimum Gasteiger partial charge on any atom is -0.496 e. The third-order valence-corrected chi connectivity index (χ3v) is 4.52. The molecule has 130 valence electrons. The van der Waals surface area contributed by atoms with Crippen LogP contribution in [-0.2, 0) is 17.8 Å². The van der Waals surface area contributed by atoms with Gasteiger partial charge in [-0.15, -0.1) is 0 Å². The molecule has 0 spiro atoms. The summed E-state index contributed by atoms with van der Waals surface area (Å²) < 4.78 is 7.54. The lowest BCUT2D eigenvalue weighted by Gasteiger charge is -2.10. The van der Waals surface area contributed by atoms with Crippen molar-refractivity contribution in [2.75, 3.05) is 7.11 Å². The van der Waals surface area contributed by atoms with Gasteiger partial charge in [-0.05, 0) is 29.5 Å². The van der Waals surface area contributed by atoms with Crippen LogP contribution >= 0.6 is 11.8 Å². The van der Waals surface area contributed by atoms with Crippen molar-refractivity contribution in [2.24, 2.45) is 0 Å². The molecule has 1 unspecified atom stereocenters. The van der Waals surface area contributed by atoms with Crippen molar-refractivity contribution in [1.82, 2.24) is 9.40 Å². The number of hydrogen-bond acceptors (Lipinski definition) is 3. The summed E-state index contributed by atoms with van der Waals surface area (Å²) in [6, 6.07) is 15.0. The monoisotopic (exact) mass is 358 g/mol. The predicted octanol–water partition coefficient (Wildman–Crippen LogP) is 3.44. The smallest absolute Gasteiger partial charge is 0.322 e. The maximum absolute atomic E-state index is 11.3. The molecule has 6 heteroatoms. The summed E-state index contributed by atoms with van der Waals surface area (Å²) in [7, 11) is 1.65. The van der Waals surface area contributed by atoms with Gasteiger partial charge in [-0.25, -0.2) is 4.84 Å². The maximum Gasteiger partial charge on any atom is 0.322 e. The summed E-state index contributed by atoms with van der Waals surface area (Å²) in [5, 5.41) is 10.3. The maximum atomic E-state index is 11.3. The van der Waals surface area contributed by atoms with Gasteiger partial charge in [0.1, 0.15) is 11.8 Å². The standard InChI is InChI=1S/C19H19ClN2O3/c1-25-18-9-5-2-6-13(18)11-22-12-14(10-16(21-20)19(23)24)15-7-3-4-8-17(15)22/h2-9,12,16,21H,10-11H2,1H3,(H,23,24). The van der Waals surface area contributed by atoms with Crippen LogP contribution in [0.5, 0.6) is 5.75 Å². The van der Waals surface area contributed by atoms with Crippen LogP contribution in [0, 0.1) is 0 Å². The molecule has 1 aromatic heterocycles. The number of aromatic nitrogens is 1. The first-order valence-electron chi connectivity index (χ1n) is 7.91. The molecule has 0 radical (unpaired) electrons. The number of para-hydroxylation sites is 2. The van der Waals surface area contributed by atoms with Crippen molar-refractivity contribution in [1.29, 1.82) is 0 Å². The zero-order valence-electron chi connectivity index (χ0n) is 13.8. The number of carboxylic acids is 1. The van der Waals surface area contributed by atoms with Crippen molar-refractivity contribution >= 4 is 28.6 Å². The van der Waals surface area contributed by atoms with Crippen molar-refractivity contribution in [3.05, 3.63) is 65.9 Å². The number of carbonyl (C=O) groups is 1. The topological polar surface area (TPSA) is 63.5 Å². The lowest BCUT2D eigenvalue weighted by Crippen LogP contribution is -2.32. The zero-order chi connectivity index (χ0) is 17.8. The van der Waals surface area contributed by atoms with Crippen molar-refractivity contribution in [3.63, 3.8) is 0 Å². The number of nitrogens with zero attached hydrogens (tertiary/aromatic N) is 1. The molecule has 1 atom stereocenters. The SMILES string of the molecule is COc1ccccc1Cn1cc(CC(NCl)C(=O)O)c2ccccc21. The Morgan fingerprint density at radius 2 is 1.92 bits per heavy atom. The molecule has 0 saturated heterocycles. The van der Waals surface area contributed by atoms with Crippen LogP contribution in [0.2, 0.25) is 0 Å². The van der Waals surface area contributed by atoms with Crippen molar-refractivity contribution in [2.45, 2.75) is 19.0 Å². The Hall–Kier alpha value is -2.50. The molecule has 3 rings (SSSR count). The van der Waals surface area contributed by atoms with Gasteiger partial charge in [0.15, 0.2) is 0 Å². The van der Waals surface area contributed by atoms with E-state index in [4.69, 9.17) is 16.5 Å². The van der Waals surface area contributed by atoms with Crippen LogP contribution in [0.4, 0.5) is 0 Å². The first-order chi connectivity index (χ1) is 12.1. The number of benzene rings is 2. The fourth-order valence-corrected chi connectivity index (χ4v) is 3.20. The Labute approximate surface area is 150 Å². The number of halogens is 1. The molecule has 0 fully saturated rings. The fourth-order valence-electron chi connectivity index (χ4n) is 3.03. The number of hydrogen-bond donors (Lipinski definition) is 2. The second-order valence-corrected chi connectivity index (χ2v) is 6.03. The summed E-state index contributed by atoms with van der Waals surface area (Å²) in [5.41, 5.74) is 3.04. The molecule has 0 amide bonds. The Morgan fingerprint density at radius 1 is 1.20 bits per heavy atom. The van der Waals surface area contributed by atoms with Gasteiger partial charge in [-0.1, -0.05) is 36.4 Å². The van der Waals surface area contributed by atoms with Gasteiger partial charge in [0.05, 0.1) is 13.7 Å². The van der Waals surface area contributed by atoms with E-state index in [1.54, 1.807) is 7.11 Å². The minimum atomic E-state index is -0.975. The third-order valence-electron chi connectivity index (χ3n) is 4.26. The Kier molecular flexibility index (Phi) is 5.26. The fraction of sp³-hybridized carbons (Fsp3) is 0.211. The van der Waals surface area contributed by atoms with Crippen LogP contribution in [-0.4, -0.2) is 28.8 Å². The van der Waals surface area contributed by atoms with E-state index in [-0.39, 0.29) is 0 Å². The highest BCUT2D eigenvalue weighted by atomic mass is 35.5. The van der Waals surface area contributed by atoms with Crippen LogP contribution in [0.25, 0.3) is 10.9 Å². The highest BCUT2D eigenvalue weighted by Crippen LogP contribution is 2.26. The third kappa shape index (κ3) is 3.62. The molecule has 3 aromatic rings. The van der Waals surface area contributed by atoms with Crippen molar-refractivity contribution in [3.8, 4) is 5.75 Å². The molecule has 25 heavy (non-hydrogen) atoms. The number of methoxy groups -OCH3 is 1.